The van der Waals surface area contributed by atoms with Crippen molar-refractivity contribution >= 4 is 22.8 Å². The molecule has 0 saturated heterocycles. The van der Waals surface area contributed by atoms with Crippen LogP contribution in [-0.2, 0) is 5.60 Å². The summed E-state index contributed by atoms with van der Waals surface area (Å²) < 4.78 is 5.99. The Morgan fingerprint density at radius 3 is 2.73 bits per heavy atom. The lowest BCUT2D eigenvalue weighted by atomic mass is 10.0. The average Bonchev–Trinajstić information content (AvgIpc) is 3.17. The quantitative estimate of drug-likeness (QED) is 0.434. The van der Waals surface area contributed by atoms with Gasteiger partial charge in [-0.2, -0.15) is 10.1 Å². The van der Waals surface area contributed by atoms with E-state index >= 15 is 0 Å². The van der Waals surface area contributed by atoms with Crippen molar-refractivity contribution in [3.8, 4) is 17.7 Å². The van der Waals surface area contributed by atoms with E-state index < -0.39 is 11.6 Å². The fraction of sp³-hybridized carbons (Fsp3) is 0.100. The maximum Gasteiger partial charge on any atom is 0.357 e. The number of nitrogen functional groups attached to an aromatic ring is 1. The molecule has 0 aliphatic heterocycles. The van der Waals surface area contributed by atoms with Gasteiger partial charge >= 0.3 is 5.97 Å². The van der Waals surface area contributed by atoms with E-state index in [0.717, 1.165) is 0 Å². The Hall–Kier alpha value is -4.52. The van der Waals surface area contributed by atoms with Gasteiger partial charge in [-0.1, -0.05) is 5.92 Å². The van der Waals surface area contributed by atoms with Crippen LogP contribution in [0.4, 0.5) is 5.95 Å². The average molecular weight is 401 g/mol. The van der Waals surface area contributed by atoms with E-state index in [4.69, 9.17) is 10.5 Å². The number of rotatable bonds is 4. The molecular formula is C20H15N7O3. The molecule has 0 aliphatic carbocycles. The fourth-order valence-electron chi connectivity index (χ4n) is 2.75. The van der Waals surface area contributed by atoms with Crippen molar-refractivity contribution in [3.05, 3.63) is 66.0 Å². The standard InChI is InChI=1S/C20H15N7O3/c1-20(18-22-8-2-9-23-18,30-15-6-10-24-19(21)25-15)7-5-12-3-4-13-14(11-12)26-27-16(13)17(28)29/h2-4,6,8-11H,1H3,(H,26,27)(H,28,29)(H2,21,24,25). The van der Waals surface area contributed by atoms with Gasteiger partial charge < -0.3 is 15.6 Å². The number of aromatic amines is 1. The monoisotopic (exact) mass is 401 g/mol. The lowest BCUT2D eigenvalue weighted by molar-refractivity contribution is 0.0692. The Labute approximate surface area is 170 Å². The number of aromatic nitrogens is 6. The van der Waals surface area contributed by atoms with Gasteiger partial charge in [-0.05, 0) is 37.1 Å². The first-order valence-corrected chi connectivity index (χ1v) is 8.74. The van der Waals surface area contributed by atoms with Crippen LogP contribution >= 0.6 is 0 Å². The van der Waals surface area contributed by atoms with Gasteiger partial charge in [0.25, 0.3) is 0 Å². The molecule has 0 amide bonds. The van der Waals surface area contributed by atoms with Crippen LogP contribution in [0.2, 0.25) is 0 Å². The molecular weight excluding hydrogens is 386 g/mol. The number of nitrogens with two attached hydrogens (primary N) is 1. The molecule has 10 heteroatoms. The largest absolute Gasteiger partial charge is 0.476 e. The number of anilines is 1. The molecule has 1 atom stereocenters. The Morgan fingerprint density at radius 1 is 1.20 bits per heavy atom. The number of ether oxygens (including phenoxy) is 1. The first-order chi connectivity index (χ1) is 14.4. The van der Waals surface area contributed by atoms with E-state index in [1.807, 2.05) is 0 Å². The number of carboxylic acids is 1. The van der Waals surface area contributed by atoms with Crippen LogP contribution in [0, 0.1) is 11.8 Å². The number of carboxylic acid groups (broad SMARTS) is 1. The molecule has 0 fully saturated rings. The van der Waals surface area contributed by atoms with Gasteiger partial charge in [0.15, 0.2) is 11.5 Å². The zero-order valence-electron chi connectivity index (χ0n) is 15.7. The van der Waals surface area contributed by atoms with Crippen molar-refractivity contribution in [1.29, 1.82) is 0 Å². The molecule has 148 valence electrons. The summed E-state index contributed by atoms with van der Waals surface area (Å²) in [4.78, 5) is 27.6. The van der Waals surface area contributed by atoms with E-state index in [0.29, 0.717) is 22.3 Å². The van der Waals surface area contributed by atoms with Crippen LogP contribution in [-0.4, -0.2) is 41.2 Å². The maximum atomic E-state index is 11.2. The first kappa shape index (κ1) is 18.8. The van der Waals surface area contributed by atoms with Crippen LogP contribution in [0.1, 0.15) is 28.8 Å². The van der Waals surface area contributed by atoms with Crippen LogP contribution in [0.15, 0.2) is 48.9 Å². The molecule has 30 heavy (non-hydrogen) atoms. The number of nitrogens with one attached hydrogen (secondary N) is 1. The summed E-state index contributed by atoms with van der Waals surface area (Å²) in [7, 11) is 0. The highest BCUT2D eigenvalue weighted by Crippen LogP contribution is 2.24. The predicted molar refractivity (Wildman–Crippen MR) is 106 cm³/mol. The third-order valence-corrected chi connectivity index (χ3v) is 4.16. The first-order valence-electron chi connectivity index (χ1n) is 8.74. The second-order valence-corrected chi connectivity index (χ2v) is 6.35. The summed E-state index contributed by atoms with van der Waals surface area (Å²) in [6.45, 7) is 1.71. The van der Waals surface area contributed by atoms with E-state index in [-0.39, 0.29) is 17.5 Å². The van der Waals surface area contributed by atoms with Crippen LogP contribution < -0.4 is 10.5 Å². The van der Waals surface area contributed by atoms with E-state index in [9.17, 15) is 9.90 Å². The molecule has 1 aromatic carbocycles. The third kappa shape index (κ3) is 3.72. The van der Waals surface area contributed by atoms with Crippen LogP contribution in [0.3, 0.4) is 0 Å². The number of aromatic carboxylic acids is 1. The molecule has 4 N–H and O–H groups in total. The van der Waals surface area contributed by atoms with Gasteiger partial charge in [0.1, 0.15) is 0 Å². The maximum absolute atomic E-state index is 11.2. The second kappa shape index (κ2) is 7.48. The van der Waals surface area contributed by atoms with E-state index in [1.165, 1.54) is 6.20 Å². The minimum absolute atomic E-state index is 0.0447. The van der Waals surface area contributed by atoms with Gasteiger partial charge in [-0.3, -0.25) is 5.10 Å². The molecule has 0 aliphatic rings. The number of hydrogen-bond donors (Lipinski definition) is 3. The summed E-state index contributed by atoms with van der Waals surface area (Å²) >= 11 is 0. The van der Waals surface area contributed by atoms with Crippen LogP contribution in [0.5, 0.6) is 5.88 Å². The van der Waals surface area contributed by atoms with E-state index in [2.05, 4.69) is 42.0 Å². The Bertz CT molecular complexity index is 1290. The molecule has 10 nitrogen and oxygen atoms in total. The highest BCUT2D eigenvalue weighted by molar-refractivity contribution is 6.01. The summed E-state index contributed by atoms with van der Waals surface area (Å²) in [6, 6.07) is 8.30. The van der Waals surface area contributed by atoms with Crippen molar-refractivity contribution in [2.45, 2.75) is 12.5 Å². The van der Waals surface area contributed by atoms with Crippen molar-refractivity contribution < 1.29 is 14.6 Å². The summed E-state index contributed by atoms with van der Waals surface area (Å²) in [5.74, 6) is 5.59. The van der Waals surface area contributed by atoms with Gasteiger partial charge in [0, 0.05) is 35.6 Å². The van der Waals surface area contributed by atoms with Crippen molar-refractivity contribution in [2.75, 3.05) is 5.73 Å². The van der Waals surface area contributed by atoms with Gasteiger partial charge in [0.2, 0.25) is 17.4 Å². The number of carbonyl (C=O) groups is 1. The van der Waals surface area contributed by atoms with Gasteiger partial charge in [-0.25, -0.2) is 19.7 Å². The molecule has 3 aromatic heterocycles. The van der Waals surface area contributed by atoms with Crippen molar-refractivity contribution in [1.82, 2.24) is 30.1 Å². The second-order valence-electron chi connectivity index (χ2n) is 6.35. The highest BCUT2D eigenvalue weighted by atomic mass is 16.5. The number of hydrogen-bond acceptors (Lipinski definition) is 8. The van der Waals surface area contributed by atoms with Gasteiger partial charge in [0.05, 0.1) is 5.52 Å². The van der Waals surface area contributed by atoms with E-state index in [1.54, 1.807) is 49.6 Å². The molecule has 0 radical (unpaired) electrons. The summed E-state index contributed by atoms with van der Waals surface area (Å²) in [5, 5.41) is 16.2. The van der Waals surface area contributed by atoms with Gasteiger partial charge in [-0.15, -0.1) is 0 Å². The zero-order chi connectivity index (χ0) is 21.1. The number of benzene rings is 1. The number of H-pyrrole nitrogens is 1. The molecule has 0 saturated carbocycles. The SMILES string of the molecule is CC(C#Cc1ccc2c(C(=O)O)n[nH]c2c1)(Oc1ccnc(N)n1)c1ncccn1. The molecule has 1 unspecified atom stereocenters. The normalized spacial score (nSPS) is 12.6. The molecule has 3 heterocycles. The lowest BCUT2D eigenvalue weighted by Crippen LogP contribution is -2.30. The minimum Gasteiger partial charge on any atom is -0.476 e. The predicted octanol–water partition coefficient (Wildman–Crippen LogP) is 1.77. The Kier molecular flexibility index (Phi) is 4.69. The zero-order valence-corrected chi connectivity index (χ0v) is 15.7. The molecule has 0 bridgehead atoms. The van der Waals surface area contributed by atoms with Crippen LogP contribution in [0.25, 0.3) is 10.9 Å². The van der Waals surface area contributed by atoms with Crippen molar-refractivity contribution in [2.24, 2.45) is 0 Å². The molecule has 0 spiro atoms. The minimum atomic E-state index is -1.24. The third-order valence-electron chi connectivity index (χ3n) is 4.16. The Balaban J connectivity index is 1.73. The van der Waals surface area contributed by atoms with Crippen molar-refractivity contribution in [3.63, 3.8) is 0 Å². The highest BCUT2D eigenvalue weighted by Gasteiger charge is 2.31. The number of fused-ring (bicyclic) bond motifs is 1. The topological polar surface area (TPSA) is 153 Å². The lowest BCUT2D eigenvalue weighted by Gasteiger charge is -2.22. The fourth-order valence-corrected chi connectivity index (χ4v) is 2.75. The smallest absolute Gasteiger partial charge is 0.357 e. The summed E-state index contributed by atoms with van der Waals surface area (Å²) in [6.07, 6.45) is 4.65. The summed E-state index contributed by atoms with van der Waals surface area (Å²) in [5.41, 5.74) is 5.53. The molecule has 4 rings (SSSR count). The number of nitrogens with zero attached hydrogens (tertiary/aromatic N) is 5. The molecule has 4 aromatic rings. The Morgan fingerprint density at radius 2 is 2.00 bits per heavy atom.